The molecule has 4 aromatic rings. The van der Waals surface area contributed by atoms with Crippen LogP contribution in [0.15, 0.2) is 41.1 Å². The van der Waals surface area contributed by atoms with Crippen molar-refractivity contribution in [2.75, 3.05) is 36.5 Å². The van der Waals surface area contributed by atoms with Crippen molar-refractivity contribution >= 4 is 47.5 Å². The molecule has 0 aliphatic carbocycles. The molecule has 3 N–H and O–H groups in total. The molecule has 0 radical (unpaired) electrons. The number of furan rings is 1. The molecule has 1 aliphatic heterocycles. The lowest BCUT2D eigenvalue weighted by Gasteiger charge is -2.36. The summed E-state index contributed by atoms with van der Waals surface area (Å²) in [5.41, 5.74) is 7.42. The van der Waals surface area contributed by atoms with Crippen LogP contribution in [-0.2, 0) is 11.5 Å². The van der Waals surface area contributed by atoms with Crippen molar-refractivity contribution in [2.24, 2.45) is 5.73 Å². The van der Waals surface area contributed by atoms with Crippen LogP contribution in [0.5, 0.6) is 0 Å². The molecular formula is C25H34FN7O2Si. The normalized spacial score (nSPS) is 16.2. The molecule has 11 heteroatoms. The van der Waals surface area contributed by atoms with E-state index in [4.69, 9.17) is 19.9 Å². The van der Waals surface area contributed by atoms with Gasteiger partial charge in [-0.05, 0) is 24.2 Å². The zero-order valence-electron chi connectivity index (χ0n) is 21.1. The van der Waals surface area contributed by atoms with E-state index in [-0.39, 0.29) is 6.54 Å². The van der Waals surface area contributed by atoms with E-state index in [1.165, 1.54) is 0 Å². The van der Waals surface area contributed by atoms with Crippen LogP contribution in [-0.4, -0.2) is 59.7 Å². The van der Waals surface area contributed by atoms with Crippen LogP contribution in [0, 0.1) is 0 Å². The molecule has 0 spiro atoms. The maximum atomic E-state index is 14.7. The van der Waals surface area contributed by atoms with Crippen molar-refractivity contribution in [3.8, 4) is 0 Å². The number of fused-ring (bicyclic) bond motifs is 2. The molecule has 1 saturated heterocycles. The predicted molar refractivity (Wildman–Crippen MR) is 143 cm³/mol. The number of nitrogens with zero attached hydrogens (tertiary/aromatic N) is 5. The fourth-order valence-corrected chi connectivity index (χ4v) is 5.11. The Morgan fingerprint density at radius 3 is 2.75 bits per heavy atom. The molecule has 192 valence electrons. The summed E-state index contributed by atoms with van der Waals surface area (Å²) in [6.07, 6.45) is 4.16. The number of benzene rings is 1. The molecule has 5 rings (SSSR count). The Kier molecular flexibility index (Phi) is 6.71. The lowest BCUT2D eigenvalue weighted by atomic mass is 9.93. The number of alkyl halides is 1. The second kappa shape index (κ2) is 9.79. The Balaban J connectivity index is 1.35. The van der Waals surface area contributed by atoms with E-state index in [0.717, 1.165) is 29.2 Å². The Labute approximate surface area is 210 Å². The molecule has 0 bridgehead atoms. The highest BCUT2D eigenvalue weighted by atomic mass is 28.3. The number of anilines is 3. The van der Waals surface area contributed by atoms with Gasteiger partial charge in [-0.3, -0.25) is 0 Å². The highest BCUT2D eigenvalue weighted by Crippen LogP contribution is 2.33. The molecule has 3 aromatic heterocycles. The molecule has 1 aromatic carbocycles. The number of nitrogens with one attached hydrogen (secondary N) is 1. The van der Waals surface area contributed by atoms with Crippen molar-refractivity contribution in [2.45, 2.75) is 50.9 Å². The van der Waals surface area contributed by atoms with Crippen LogP contribution < -0.4 is 16.0 Å². The quantitative estimate of drug-likeness (QED) is 0.241. The molecular weight excluding hydrogens is 477 g/mol. The van der Waals surface area contributed by atoms with E-state index >= 15 is 0 Å². The molecule has 0 saturated carbocycles. The van der Waals surface area contributed by atoms with Gasteiger partial charge in [0.05, 0.1) is 18.0 Å². The van der Waals surface area contributed by atoms with Crippen molar-refractivity contribution in [1.82, 2.24) is 19.7 Å². The standard InChI is InChI=1S/C25H34FN7O2Si/c1-36(2,3)13-12-34-17-33-21-14-19(5-4-18(21)15-28-33)29-24-30-20-6-11-35-22(20)23(31-24)32-9-7-25(26,16-27)8-10-32/h4-6,11,14-15H,7-10,12-13,16-17,27H2,1-3H3,(H,29,30,31). The topological polar surface area (TPSA) is 107 Å². The second-order valence-electron chi connectivity index (χ2n) is 10.7. The van der Waals surface area contributed by atoms with Gasteiger partial charge in [-0.25, -0.2) is 14.1 Å². The lowest BCUT2D eigenvalue weighted by molar-refractivity contribution is 0.0817. The van der Waals surface area contributed by atoms with E-state index < -0.39 is 13.7 Å². The van der Waals surface area contributed by atoms with Crippen LogP contribution in [0.2, 0.25) is 25.7 Å². The minimum atomic E-state index is -1.32. The summed E-state index contributed by atoms with van der Waals surface area (Å²) in [6, 6.07) is 8.93. The number of ether oxygens (including phenoxy) is 1. The predicted octanol–water partition coefficient (Wildman–Crippen LogP) is 4.90. The summed E-state index contributed by atoms with van der Waals surface area (Å²) in [6.45, 7) is 9.24. The third-order valence-electron chi connectivity index (χ3n) is 6.72. The Morgan fingerprint density at radius 1 is 1.19 bits per heavy atom. The van der Waals surface area contributed by atoms with Gasteiger partial charge in [-0.15, -0.1) is 0 Å². The average molecular weight is 512 g/mol. The average Bonchev–Trinajstić information content (AvgIpc) is 3.48. The first-order valence-electron chi connectivity index (χ1n) is 12.4. The molecule has 1 fully saturated rings. The number of nitrogens with two attached hydrogens (primary N) is 1. The van der Waals surface area contributed by atoms with Gasteiger partial charge in [-0.2, -0.15) is 10.1 Å². The summed E-state index contributed by atoms with van der Waals surface area (Å²) >= 11 is 0. The maximum Gasteiger partial charge on any atom is 0.229 e. The number of halogens is 1. The lowest BCUT2D eigenvalue weighted by Crippen LogP contribution is -2.46. The van der Waals surface area contributed by atoms with Crippen LogP contribution >= 0.6 is 0 Å². The van der Waals surface area contributed by atoms with Crippen molar-refractivity contribution in [1.29, 1.82) is 0 Å². The molecule has 9 nitrogen and oxygen atoms in total. The minimum absolute atomic E-state index is 0.0377. The van der Waals surface area contributed by atoms with Crippen molar-refractivity contribution in [3.63, 3.8) is 0 Å². The molecule has 0 atom stereocenters. The maximum absolute atomic E-state index is 14.7. The molecule has 0 amide bonds. The fourth-order valence-electron chi connectivity index (χ4n) is 4.35. The Bertz CT molecular complexity index is 1340. The summed E-state index contributed by atoms with van der Waals surface area (Å²) < 4.78 is 28.1. The van der Waals surface area contributed by atoms with Crippen LogP contribution in [0.1, 0.15) is 12.8 Å². The van der Waals surface area contributed by atoms with E-state index in [1.54, 1.807) is 6.26 Å². The van der Waals surface area contributed by atoms with E-state index in [9.17, 15) is 4.39 Å². The molecule has 4 heterocycles. The summed E-state index contributed by atoms with van der Waals surface area (Å²) in [4.78, 5) is 11.4. The summed E-state index contributed by atoms with van der Waals surface area (Å²) in [5.74, 6) is 1.11. The van der Waals surface area contributed by atoms with Gasteiger partial charge < -0.3 is 25.1 Å². The van der Waals surface area contributed by atoms with Gasteiger partial charge in [0, 0.05) is 64.3 Å². The Morgan fingerprint density at radius 2 is 2.00 bits per heavy atom. The zero-order chi connectivity index (χ0) is 25.3. The number of hydrogen-bond donors (Lipinski definition) is 2. The van der Waals surface area contributed by atoms with Gasteiger partial charge in [0.2, 0.25) is 5.95 Å². The largest absolute Gasteiger partial charge is 0.459 e. The number of piperidine rings is 1. The van der Waals surface area contributed by atoms with Crippen molar-refractivity contribution < 1.29 is 13.5 Å². The first-order chi connectivity index (χ1) is 17.2. The number of aromatic nitrogens is 4. The van der Waals surface area contributed by atoms with Crippen molar-refractivity contribution in [3.05, 3.63) is 36.7 Å². The summed E-state index contributed by atoms with van der Waals surface area (Å²) in [7, 11) is -1.14. The van der Waals surface area contributed by atoms with Crippen LogP contribution in [0.25, 0.3) is 22.0 Å². The third-order valence-corrected chi connectivity index (χ3v) is 8.43. The van der Waals surface area contributed by atoms with E-state index in [1.807, 2.05) is 40.0 Å². The smallest absolute Gasteiger partial charge is 0.229 e. The highest BCUT2D eigenvalue weighted by molar-refractivity contribution is 6.76. The third kappa shape index (κ3) is 5.37. The molecule has 0 unspecified atom stereocenters. The molecule has 36 heavy (non-hydrogen) atoms. The molecule has 1 aliphatic rings. The van der Waals surface area contributed by atoms with Gasteiger partial charge in [-0.1, -0.05) is 19.6 Å². The monoisotopic (exact) mass is 511 g/mol. The number of hydrogen-bond acceptors (Lipinski definition) is 8. The Hall–Kier alpha value is -3.02. The van der Waals surface area contributed by atoms with E-state index in [2.05, 4.69) is 35.0 Å². The second-order valence-corrected chi connectivity index (χ2v) is 16.4. The SMILES string of the molecule is C[Si](C)(C)CCOCn1ncc2ccc(Nc3nc(N4CCC(F)(CN)CC4)c4occc4n3)cc21. The first kappa shape index (κ1) is 24.7. The summed E-state index contributed by atoms with van der Waals surface area (Å²) in [5, 5.41) is 8.85. The number of rotatable bonds is 9. The van der Waals surface area contributed by atoms with Gasteiger partial charge in [0.15, 0.2) is 11.4 Å². The van der Waals surface area contributed by atoms with Crippen LogP contribution in [0.3, 0.4) is 0 Å². The van der Waals surface area contributed by atoms with E-state index in [0.29, 0.717) is 55.5 Å². The zero-order valence-corrected chi connectivity index (χ0v) is 22.1. The fraction of sp³-hybridized carbons (Fsp3) is 0.480. The van der Waals surface area contributed by atoms with Gasteiger partial charge >= 0.3 is 0 Å². The minimum Gasteiger partial charge on any atom is -0.459 e. The van der Waals surface area contributed by atoms with Gasteiger partial charge in [0.1, 0.15) is 17.9 Å². The van der Waals surface area contributed by atoms with Crippen LogP contribution in [0.4, 0.5) is 21.8 Å². The van der Waals surface area contributed by atoms with Gasteiger partial charge in [0.25, 0.3) is 0 Å². The first-order valence-corrected chi connectivity index (χ1v) is 16.1. The highest BCUT2D eigenvalue weighted by Gasteiger charge is 2.34.